The summed E-state index contributed by atoms with van der Waals surface area (Å²) in [6, 6.07) is 5.74. The molecule has 1 aromatic carbocycles. The third kappa shape index (κ3) is 2.66. The van der Waals surface area contributed by atoms with Crippen LogP contribution >= 0.6 is 0 Å². The van der Waals surface area contributed by atoms with Gasteiger partial charge in [0.15, 0.2) is 0 Å². The minimum absolute atomic E-state index is 0.0450. The molecule has 5 nitrogen and oxygen atoms in total. The summed E-state index contributed by atoms with van der Waals surface area (Å²) in [5.41, 5.74) is 2.52. The summed E-state index contributed by atoms with van der Waals surface area (Å²) in [6.45, 7) is 4.82. The zero-order chi connectivity index (χ0) is 16.7. The smallest absolute Gasteiger partial charge is 0.253 e. The first-order valence-electron chi connectivity index (χ1n) is 9.14. The molecule has 3 heterocycles. The Morgan fingerprint density at radius 3 is 2.71 bits per heavy atom. The average Bonchev–Trinajstić information content (AvgIpc) is 2.61. The Kier molecular flexibility index (Phi) is 3.94. The third-order valence-corrected chi connectivity index (χ3v) is 5.69. The van der Waals surface area contributed by atoms with Crippen molar-refractivity contribution in [1.29, 1.82) is 0 Å². The highest BCUT2D eigenvalue weighted by Gasteiger charge is 2.35. The van der Waals surface area contributed by atoms with Crippen LogP contribution in [0.1, 0.15) is 49.4 Å². The summed E-state index contributed by atoms with van der Waals surface area (Å²) < 4.78 is 0. The Balaban J connectivity index is 1.58. The lowest BCUT2D eigenvalue weighted by atomic mass is 9.96. The number of piperidine rings is 2. The molecule has 3 aliphatic heterocycles. The SMILES string of the molecule is CC1CCN(C(=O)c2ccc3c(c2)NC(=O)[C@H]2CCCCN32)CC1. The number of benzene rings is 1. The van der Waals surface area contributed by atoms with Crippen LogP contribution < -0.4 is 10.2 Å². The standard InChI is InChI=1S/C19H25N3O2/c1-13-7-10-21(11-8-13)19(24)14-5-6-16-15(12-14)20-18(23)17-4-2-3-9-22(16)17/h5-6,12-13,17H,2-4,7-11H2,1H3,(H,20,23)/t17-/m1/s1. The lowest BCUT2D eigenvalue weighted by Crippen LogP contribution is -2.50. The number of hydrogen-bond acceptors (Lipinski definition) is 3. The molecule has 0 radical (unpaired) electrons. The van der Waals surface area contributed by atoms with E-state index in [1.165, 1.54) is 0 Å². The first-order valence-corrected chi connectivity index (χ1v) is 9.14. The molecule has 0 aliphatic carbocycles. The molecule has 1 atom stereocenters. The molecule has 2 fully saturated rings. The van der Waals surface area contributed by atoms with Gasteiger partial charge < -0.3 is 15.1 Å². The fraction of sp³-hybridized carbons (Fsp3) is 0.579. The molecular weight excluding hydrogens is 302 g/mol. The first-order chi connectivity index (χ1) is 11.6. The molecular formula is C19H25N3O2. The molecule has 0 saturated carbocycles. The number of carbonyl (C=O) groups is 2. The van der Waals surface area contributed by atoms with Gasteiger partial charge in [0.25, 0.3) is 5.91 Å². The van der Waals surface area contributed by atoms with Gasteiger partial charge in [0.1, 0.15) is 6.04 Å². The second kappa shape index (κ2) is 6.11. The molecule has 3 aliphatic rings. The Morgan fingerprint density at radius 2 is 1.92 bits per heavy atom. The molecule has 0 spiro atoms. The number of hydrogen-bond donors (Lipinski definition) is 1. The second-order valence-electron chi connectivity index (χ2n) is 7.40. The molecule has 2 saturated heterocycles. The van der Waals surface area contributed by atoms with Crippen molar-refractivity contribution in [2.75, 3.05) is 29.9 Å². The van der Waals surface area contributed by atoms with Crippen molar-refractivity contribution in [3.05, 3.63) is 23.8 Å². The fourth-order valence-electron chi connectivity index (χ4n) is 4.12. The molecule has 1 N–H and O–H groups in total. The van der Waals surface area contributed by atoms with Crippen LogP contribution in [0.2, 0.25) is 0 Å². The van der Waals surface area contributed by atoms with Crippen LogP contribution in [0.15, 0.2) is 18.2 Å². The molecule has 128 valence electrons. The van der Waals surface area contributed by atoms with Crippen LogP contribution in [-0.4, -0.2) is 42.4 Å². The third-order valence-electron chi connectivity index (χ3n) is 5.69. The van der Waals surface area contributed by atoms with Gasteiger partial charge in [-0.3, -0.25) is 9.59 Å². The van der Waals surface area contributed by atoms with E-state index in [1.54, 1.807) is 0 Å². The van der Waals surface area contributed by atoms with E-state index in [-0.39, 0.29) is 17.9 Å². The highest BCUT2D eigenvalue weighted by molar-refractivity contribution is 6.05. The Labute approximate surface area is 143 Å². The van der Waals surface area contributed by atoms with Gasteiger partial charge in [0.2, 0.25) is 5.91 Å². The van der Waals surface area contributed by atoms with Crippen molar-refractivity contribution < 1.29 is 9.59 Å². The Hall–Kier alpha value is -2.04. The number of amides is 2. The summed E-state index contributed by atoms with van der Waals surface area (Å²) >= 11 is 0. The van der Waals surface area contributed by atoms with Gasteiger partial charge in [0.05, 0.1) is 11.4 Å². The number of anilines is 2. The highest BCUT2D eigenvalue weighted by atomic mass is 16.2. The maximum absolute atomic E-state index is 12.8. The normalized spacial score (nSPS) is 24.2. The van der Waals surface area contributed by atoms with Crippen LogP contribution in [0.25, 0.3) is 0 Å². The highest BCUT2D eigenvalue weighted by Crippen LogP contribution is 2.36. The molecule has 24 heavy (non-hydrogen) atoms. The second-order valence-corrected chi connectivity index (χ2v) is 7.40. The van der Waals surface area contributed by atoms with E-state index in [1.807, 2.05) is 23.1 Å². The van der Waals surface area contributed by atoms with Crippen molar-refractivity contribution >= 4 is 23.2 Å². The van der Waals surface area contributed by atoms with Crippen molar-refractivity contribution in [3.63, 3.8) is 0 Å². The van der Waals surface area contributed by atoms with Crippen LogP contribution in [0, 0.1) is 5.92 Å². The molecule has 2 amide bonds. The molecule has 5 heteroatoms. The summed E-state index contributed by atoms with van der Waals surface area (Å²) in [4.78, 5) is 29.3. The minimum Gasteiger partial charge on any atom is -0.358 e. The van der Waals surface area contributed by atoms with Gasteiger partial charge >= 0.3 is 0 Å². The summed E-state index contributed by atoms with van der Waals surface area (Å²) in [5.74, 6) is 0.853. The predicted molar refractivity (Wildman–Crippen MR) is 94.4 cm³/mol. The number of likely N-dealkylation sites (tertiary alicyclic amines) is 1. The van der Waals surface area contributed by atoms with E-state index in [4.69, 9.17) is 0 Å². The summed E-state index contributed by atoms with van der Waals surface area (Å²) in [7, 11) is 0. The largest absolute Gasteiger partial charge is 0.358 e. The lowest BCUT2D eigenvalue weighted by molar-refractivity contribution is -0.118. The van der Waals surface area contributed by atoms with Crippen molar-refractivity contribution in [2.24, 2.45) is 5.92 Å². The van der Waals surface area contributed by atoms with Gasteiger partial charge in [-0.05, 0) is 56.2 Å². The zero-order valence-corrected chi connectivity index (χ0v) is 14.3. The summed E-state index contributed by atoms with van der Waals surface area (Å²) in [6.07, 6.45) is 5.29. The van der Waals surface area contributed by atoms with Crippen LogP contribution in [0.3, 0.4) is 0 Å². The van der Waals surface area contributed by atoms with Crippen LogP contribution in [-0.2, 0) is 4.79 Å². The van der Waals surface area contributed by atoms with Crippen molar-refractivity contribution in [2.45, 2.75) is 45.1 Å². The number of nitrogens with zero attached hydrogens (tertiary/aromatic N) is 2. The maximum atomic E-state index is 12.8. The van der Waals surface area contributed by atoms with E-state index in [9.17, 15) is 9.59 Å². The van der Waals surface area contributed by atoms with Crippen LogP contribution in [0.5, 0.6) is 0 Å². The van der Waals surface area contributed by atoms with Gasteiger partial charge in [-0.1, -0.05) is 6.92 Å². The predicted octanol–water partition coefficient (Wildman–Crippen LogP) is 2.87. The zero-order valence-electron chi connectivity index (χ0n) is 14.3. The maximum Gasteiger partial charge on any atom is 0.253 e. The molecule has 0 unspecified atom stereocenters. The number of fused-ring (bicyclic) bond motifs is 3. The number of carbonyl (C=O) groups excluding carboxylic acids is 2. The first kappa shape index (κ1) is 15.5. The lowest BCUT2D eigenvalue weighted by Gasteiger charge is -2.41. The van der Waals surface area contributed by atoms with E-state index in [0.29, 0.717) is 11.5 Å². The quantitative estimate of drug-likeness (QED) is 0.863. The van der Waals surface area contributed by atoms with Crippen molar-refractivity contribution in [1.82, 2.24) is 4.90 Å². The Morgan fingerprint density at radius 1 is 1.12 bits per heavy atom. The van der Waals surface area contributed by atoms with E-state index in [2.05, 4.69) is 17.1 Å². The fourth-order valence-corrected chi connectivity index (χ4v) is 4.12. The molecule has 4 rings (SSSR count). The minimum atomic E-state index is -0.0450. The monoisotopic (exact) mass is 327 g/mol. The van der Waals surface area contributed by atoms with Gasteiger partial charge in [0, 0.05) is 25.2 Å². The Bertz CT molecular complexity index is 665. The van der Waals surface area contributed by atoms with E-state index >= 15 is 0 Å². The van der Waals surface area contributed by atoms with Gasteiger partial charge in [-0.2, -0.15) is 0 Å². The van der Waals surface area contributed by atoms with Gasteiger partial charge in [-0.25, -0.2) is 0 Å². The number of nitrogens with one attached hydrogen (secondary N) is 1. The van der Waals surface area contributed by atoms with Crippen LogP contribution in [0.4, 0.5) is 11.4 Å². The van der Waals surface area contributed by atoms with E-state index < -0.39 is 0 Å². The molecule has 0 bridgehead atoms. The average molecular weight is 327 g/mol. The number of rotatable bonds is 1. The molecule has 0 aromatic heterocycles. The van der Waals surface area contributed by atoms with Crippen molar-refractivity contribution in [3.8, 4) is 0 Å². The summed E-state index contributed by atoms with van der Waals surface area (Å²) in [5, 5.41) is 3.01. The van der Waals surface area contributed by atoms with E-state index in [0.717, 1.165) is 63.1 Å². The topological polar surface area (TPSA) is 52.7 Å². The van der Waals surface area contributed by atoms with Gasteiger partial charge in [-0.15, -0.1) is 0 Å². The molecule has 1 aromatic rings.